The van der Waals surface area contributed by atoms with Gasteiger partial charge in [0.25, 0.3) is 17.4 Å². The van der Waals surface area contributed by atoms with Crippen LogP contribution in [0.2, 0.25) is 0 Å². The highest BCUT2D eigenvalue weighted by Crippen LogP contribution is 2.46. The molecule has 3 aliphatic heterocycles. The summed E-state index contributed by atoms with van der Waals surface area (Å²) < 4.78 is 22.0. The Balaban J connectivity index is 0.981. The van der Waals surface area contributed by atoms with E-state index in [0.29, 0.717) is 57.4 Å². The molecule has 7 rings (SSSR count). The maximum absolute atomic E-state index is 15.4. The number of ether oxygens (including phenoxy) is 1. The first-order chi connectivity index (χ1) is 32.7. The van der Waals surface area contributed by atoms with Crippen molar-refractivity contribution in [2.24, 2.45) is 11.5 Å². The van der Waals surface area contributed by atoms with Crippen molar-refractivity contribution in [2.75, 3.05) is 19.6 Å². The summed E-state index contributed by atoms with van der Waals surface area (Å²) in [5, 5.41) is 24.3. The zero-order valence-electron chi connectivity index (χ0n) is 37.5. The van der Waals surface area contributed by atoms with Crippen LogP contribution in [0.1, 0.15) is 91.3 Å². The number of hydrogen-bond acceptors (Lipinski definition) is 14. The summed E-state index contributed by atoms with van der Waals surface area (Å²) in [6.07, 6.45) is 0.917. The molecule has 0 saturated carbocycles. The maximum Gasteiger partial charge on any atom is 0.343 e. The molecule has 0 fully saturated rings. The SMILES string of the molecule is CC[C@@]1(O)C(=O)OCc2c1cc1n(c2=O)Cc2c-1nc1cc(F)c(C)c3c1c2[C@@H](NC(=O)CCCNC(=O)[C@H](CC(N)=O)NC(=O)[C@H](CC(N)=O)NC(=O)CNC(=O)CCN1C(=O)C=CC1=O)CC3. The number of carbonyl (C=O) groups excluding carboxylic acids is 10. The van der Waals surface area contributed by atoms with Crippen molar-refractivity contribution in [3.05, 3.63) is 73.8 Å². The van der Waals surface area contributed by atoms with Gasteiger partial charge in [-0.3, -0.25) is 52.8 Å². The Kier molecular flexibility index (Phi) is 14.0. The molecule has 9 amide bonds. The van der Waals surface area contributed by atoms with Crippen LogP contribution >= 0.6 is 0 Å². The summed E-state index contributed by atoms with van der Waals surface area (Å²) in [6.45, 7) is 1.87. The number of carbonyl (C=O) groups is 10. The Hall–Kier alpha value is -7.89. The van der Waals surface area contributed by atoms with Crippen LogP contribution in [-0.4, -0.2) is 110 Å². The number of esters is 1. The third-order valence-electron chi connectivity index (χ3n) is 12.6. The Labute approximate surface area is 390 Å². The second-order valence-electron chi connectivity index (χ2n) is 17.1. The van der Waals surface area contributed by atoms with E-state index >= 15 is 4.39 Å². The molecule has 0 radical (unpaired) electrons. The first-order valence-electron chi connectivity index (χ1n) is 22.1. The molecular weight excluding hydrogens is 908 g/mol. The molecule has 1 aliphatic carbocycles. The molecule has 4 aliphatic rings. The van der Waals surface area contributed by atoms with E-state index in [9.17, 15) is 57.8 Å². The number of aryl methyl sites for hydroxylation is 1. The van der Waals surface area contributed by atoms with Crippen LogP contribution < -0.4 is 43.6 Å². The van der Waals surface area contributed by atoms with E-state index < -0.39 is 114 Å². The molecule has 0 bridgehead atoms. The molecular formula is C45H49FN10O13. The number of halogens is 1. The average Bonchev–Trinajstić information content (AvgIpc) is 3.83. The Morgan fingerprint density at radius 3 is 2.25 bits per heavy atom. The number of amides is 9. The lowest BCUT2D eigenvalue weighted by Crippen LogP contribution is -2.56. The molecule has 0 spiro atoms. The van der Waals surface area contributed by atoms with Crippen molar-refractivity contribution in [1.82, 2.24) is 41.0 Å². The number of hydrogen-bond donors (Lipinski definition) is 8. The first kappa shape index (κ1) is 49.0. The number of imide groups is 1. The number of aliphatic hydroxyl groups is 1. The van der Waals surface area contributed by atoms with Crippen LogP contribution in [0.25, 0.3) is 22.3 Å². The van der Waals surface area contributed by atoms with Gasteiger partial charge >= 0.3 is 5.97 Å². The number of rotatable bonds is 19. The molecule has 4 atom stereocenters. The van der Waals surface area contributed by atoms with Crippen LogP contribution in [0, 0.1) is 12.7 Å². The lowest BCUT2D eigenvalue weighted by Gasteiger charge is -2.31. The minimum absolute atomic E-state index is 0.0335. The van der Waals surface area contributed by atoms with Gasteiger partial charge in [-0.05, 0) is 55.4 Å². The number of primary amides is 2. The molecule has 1 aromatic carbocycles. The van der Waals surface area contributed by atoms with Gasteiger partial charge in [0.15, 0.2) is 5.60 Å². The van der Waals surface area contributed by atoms with Crippen molar-refractivity contribution in [3.63, 3.8) is 0 Å². The highest BCUT2D eigenvalue weighted by Gasteiger charge is 2.46. The predicted octanol–water partition coefficient (Wildman–Crippen LogP) is -2.32. The van der Waals surface area contributed by atoms with E-state index in [1.807, 2.05) is 0 Å². The number of pyridine rings is 2. The van der Waals surface area contributed by atoms with Gasteiger partial charge in [0, 0.05) is 60.7 Å². The fourth-order valence-electron chi connectivity index (χ4n) is 9.02. The second kappa shape index (κ2) is 19.8. The van der Waals surface area contributed by atoms with Crippen LogP contribution in [-0.2, 0) is 77.9 Å². The van der Waals surface area contributed by atoms with Crippen molar-refractivity contribution < 1.29 is 62.2 Å². The minimum Gasteiger partial charge on any atom is -0.458 e. The van der Waals surface area contributed by atoms with Crippen LogP contribution in [0.3, 0.4) is 0 Å². The topological polar surface area (TPSA) is 350 Å². The van der Waals surface area contributed by atoms with E-state index in [0.717, 1.165) is 17.1 Å². The van der Waals surface area contributed by atoms with Gasteiger partial charge < -0.3 is 52.5 Å². The summed E-state index contributed by atoms with van der Waals surface area (Å²) >= 11 is 0. The fourth-order valence-corrected chi connectivity index (χ4v) is 9.02. The van der Waals surface area contributed by atoms with Gasteiger partial charge in [-0.15, -0.1) is 0 Å². The highest BCUT2D eigenvalue weighted by atomic mass is 19.1. The molecule has 0 unspecified atom stereocenters. The summed E-state index contributed by atoms with van der Waals surface area (Å²) in [5.41, 5.74) is 11.6. The lowest BCUT2D eigenvalue weighted by molar-refractivity contribution is -0.172. The minimum atomic E-state index is -2.07. The van der Waals surface area contributed by atoms with E-state index in [-0.39, 0.29) is 63.1 Å². The molecule has 3 aromatic rings. The molecule has 69 heavy (non-hydrogen) atoms. The smallest absolute Gasteiger partial charge is 0.343 e. The van der Waals surface area contributed by atoms with E-state index in [2.05, 4.69) is 26.6 Å². The quantitative estimate of drug-likeness (QED) is 0.0278. The van der Waals surface area contributed by atoms with Crippen LogP contribution in [0.15, 0.2) is 29.1 Å². The summed E-state index contributed by atoms with van der Waals surface area (Å²) in [7, 11) is 0. The number of nitrogens with one attached hydrogen (secondary N) is 5. The number of fused-ring (bicyclic) bond motifs is 5. The van der Waals surface area contributed by atoms with Gasteiger partial charge in [-0.1, -0.05) is 6.92 Å². The van der Waals surface area contributed by atoms with Crippen molar-refractivity contribution in [1.29, 1.82) is 0 Å². The molecule has 0 saturated heterocycles. The van der Waals surface area contributed by atoms with Gasteiger partial charge in [0.1, 0.15) is 24.5 Å². The molecule has 23 nitrogen and oxygen atoms in total. The normalized spacial score (nSPS) is 18.3. The number of cyclic esters (lactones) is 1. The van der Waals surface area contributed by atoms with Gasteiger partial charge in [0.2, 0.25) is 41.4 Å². The van der Waals surface area contributed by atoms with Crippen LogP contribution in [0.4, 0.5) is 4.39 Å². The maximum atomic E-state index is 15.4. The standard InChI is InChI=1S/C45H49FN10O13/c1-3-45(68)24-13-30-40-22(18-56(30)43(66)23(24)19-69-44(45)67)39-26(7-6-21-20(2)25(46)14-27(53-40)38(21)39)51-34(60)5-4-11-49-41(64)28(15-31(47)57)54-42(65)29(16-32(48)58)52-35(61)17-50-33(59)10-12-55-36(62)8-9-37(55)63/h8-9,13-14,26,28-29,68H,3-7,10-12,15-19H2,1-2H3,(H2,47,57)(H2,48,58)(H,49,64)(H,50,59)(H,51,60)(H,52,61)(H,54,65)/t26-,28-,29-,45-/m0/s1. The number of nitrogens with two attached hydrogens (primary N) is 2. The van der Waals surface area contributed by atoms with Gasteiger partial charge in [-0.25, -0.2) is 14.2 Å². The monoisotopic (exact) mass is 956 g/mol. The van der Waals surface area contributed by atoms with E-state index in [1.54, 1.807) is 19.9 Å². The zero-order valence-corrected chi connectivity index (χ0v) is 37.5. The third-order valence-corrected chi connectivity index (χ3v) is 12.6. The van der Waals surface area contributed by atoms with Crippen LogP contribution in [0.5, 0.6) is 0 Å². The zero-order chi connectivity index (χ0) is 50.1. The molecule has 24 heteroatoms. The molecule has 10 N–H and O–H groups in total. The lowest BCUT2D eigenvalue weighted by atomic mass is 9.81. The first-order valence-corrected chi connectivity index (χ1v) is 22.1. The summed E-state index contributed by atoms with van der Waals surface area (Å²) in [6, 6.07) is -1.05. The van der Waals surface area contributed by atoms with Gasteiger partial charge in [-0.2, -0.15) is 0 Å². The van der Waals surface area contributed by atoms with Gasteiger partial charge in [0.05, 0.1) is 54.4 Å². The molecule has 2 aromatic heterocycles. The Morgan fingerprint density at radius 2 is 1.58 bits per heavy atom. The predicted molar refractivity (Wildman–Crippen MR) is 236 cm³/mol. The Bertz CT molecular complexity index is 2840. The largest absolute Gasteiger partial charge is 0.458 e. The third kappa shape index (κ3) is 9.91. The fraction of sp³-hybridized carbons (Fsp3) is 0.422. The summed E-state index contributed by atoms with van der Waals surface area (Å²) in [4.78, 5) is 144. The van der Waals surface area contributed by atoms with Crippen molar-refractivity contribution in [3.8, 4) is 11.4 Å². The van der Waals surface area contributed by atoms with Crippen molar-refractivity contribution >= 4 is 70.0 Å². The highest BCUT2D eigenvalue weighted by molar-refractivity contribution is 6.13. The number of benzene rings is 1. The number of nitrogens with zero attached hydrogens (tertiary/aromatic N) is 3. The Morgan fingerprint density at radius 1 is 0.899 bits per heavy atom. The number of aromatic nitrogens is 2. The average molecular weight is 957 g/mol. The van der Waals surface area contributed by atoms with Crippen molar-refractivity contribution in [2.45, 2.75) is 102 Å². The molecule has 5 heterocycles. The second-order valence-corrected chi connectivity index (χ2v) is 17.1. The van der Waals surface area contributed by atoms with E-state index in [1.165, 1.54) is 10.6 Å². The van der Waals surface area contributed by atoms with E-state index in [4.69, 9.17) is 21.2 Å². The summed E-state index contributed by atoms with van der Waals surface area (Å²) in [5.74, 6) is -8.69. The molecule has 364 valence electrons.